The van der Waals surface area contributed by atoms with Crippen LogP contribution >= 0.6 is 0 Å². The largest absolute Gasteiger partial charge is 0.297 e. The summed E-state index contributed by atoms with van der Waals surface area (Å²) in [4.78, 5) is 5.19. The highest BCUT2D eigenvalue weighted by Gasteiger charge is 2.19. The third-order valence-electron chi connectivity index (χ3n) is 5.57. The fraction of sp³-hybridized carbons (Fsp3) is 0.478. The van der Waals surface area contributed by atoms with E-state index in [1.807, 2.05) is 0 Å². The molecular formula is C23H32N2. The van der Waals surface area contributed by atoms with Gasteiger partial charge in [-0.3, -0.25) is 9.80 Å². The highest BCUT2D eigenvalue weighted by atomic mass is 15.3. The van der Waals surface area contributed by atoms with Crippen LogP contribution in [0.2, 0.25) is 0 Å². The molecule has 3 rings (SSSR count). The first-order valence-electron chi connectivity index (χ1n) is 9.70. The van der Waals surface area contributed by atoms with Gasteiger partial charge in [0, 0.05) is 39.3 Å². The van der Waals surface area contributed by atoms with E-state index in [0.29, 0.717) is 0 Å². The molecule has 0 spiro atoms. The number of benzene rings is 1. The van der Waals surface area contributed by atoms with E-state index in [1.165, 1.54) is 63.1 Å². The van der Waals surface area contributed by atoms with Gasteiger partial charge in [0.1, 0.15) is 0 Å². The lowest BCUT2D eigenvalue weighted by molar-refractivity contribution is 0.150. The Bertz CT molecular complexity index is 606. The minimum absolute atomic E-state index is 0.719. The Hall–Kier alpha value is -1.64. The fourth-order valence-electron chi connectivity index (χ4n) is 3.80. The van der Waals surface area contributed by atoms with Crippen molar-refractivity contribution >= 4 is 6.08 Å². The Morgan fingerprint density at radius 1 is 1.12 bits per heavy atom. The van der Waals surface area contributed by atoms with Gasteiger partial charge in [-0.1, -0.05) is 66.3 Å². The Kier molecular flexibility index (Phi) is 6.66. The molecule has 1 atom stereocenters. The van der Waals surface area contributed by atoms with Gasteiger partial charge in [0.15, 0.2) is 0 Å². The molecule has 0 radical (unpaired) electrons. The molecule has 2 nitrogen and oxygen atoms in total. The highest BCUT2D eigenvalue weighted by Crippen LogP contribution is 2.28. The van der Waals surface area contributed by atoms with Crippen LogP contribution in [0, 0.1) is 5.92 Å². The Morgan fingerprint density at radius 2 is 1.84 bits per heavy atom. The Balaban J connectivity index is 1.37. The molecular weight excluding hydrogens is 304 g/mol. The van der Waals surface area contributed by atoms with Crippen LogP contribution in [-0.4, -0.2) is 49.1 Å². The average molecular weight is 337 g/mol. The highest BCUT2D eigenvalue weighted by molar-refractivity contribution is 5.48. The number of rotatable bonds is 6. The second-order valence-corrected chi connectivity index (χ2v) is 7.57. The van der Waals surface area contributed by atoms with E-state index >= 15 is 0 Å². The minimum Gasteiger partial charge on any atom is -0.297 e. The van der Waals surface area contributed by atoms with Gasteiger partial charge in [0.25, 0.3) is 0 Å². The van der Waals surface area contributed by atoms with Crippen molar-refractivity contribution in [2.24, 2.45) is 5.92 Å². The van der Waals surface area contributed by atoms with E-state index in [4.69, 9.17) is 0 Å². The second kappa shape index (κ2) is 9.17. The summed E-state index contributed by atoms with van der Waals surface area (Å²) in [6.07, 6.45) is 10.8. The predicted molar refractivity (Wildman–Crippen MR) is 109 cm³/mol. The molecule has 2 heteroatoms. The van der Waals surface area contributed by atoms with Crippen molar-refractivity contribution in [3.05, 3.63) is 65.8 Å². The number of piperazine rings is 1. The van der Waals surface area contributed by atoms with Crippen molar-refractivity contribution in [3.63, 3.8) is 0 Å². The summed E-state index contributed by atoms with van der Waals surface area (Å²) in [5.74, 6) is 0.719. The summed E-state index contributed by atoms with van der Waals surface area (Å²) >= 11 is 0. The van der Waals surface area contributed by atoms with Crippen molar-refractivity contribution in [2.45, 2.75) is 26.2 Å². The van der Waals surface area contributed by atoms with Crippen molar-refractivity contribution < 1.29 is 0 Å². The lowest BCUT2D eigenvalue weighted by Crippen LogP contribution is -2.46. The predicted octanol–water partition coefficient (Wildman–Crippen LogP) is 4.62. The molecule has 1 aliphatic carbocycles. The number of hydrogen-bond acceptors (Lipinski definition) is 2. The maximum Gasteiger partial charge on any atom is 0.0193 e. The zero-order valence-electron chi connectivity index (χ0n) is 15.7. The van der Waals surface area contributed by atoms with Gasteiger partial charge in [-0.15, -0.1) is 0 Å². The molecule has 0 amide bonds. The summed E-state index contributed by atoms with van der Waals surface area (Å²) in [5.41, 5.74) is 4.29. The van der Waals surface area contributed by atoms with Crippen LogP contribution in [0.15, 0.2) is 60.2 Å². The molecule has 25 heavy (non-hydrogen) atoms. The smallest absolute Gasteiger partial charge is 0.0193 e. The van der Waals surface area contributed by atoms with Gasteiger partial charge in [0.2, 0.25) is 0 Å². The van der Waals surface area contributed by atoms with E-state index in [0.717, 1.165) is 12.5 Å². The molecule has 1 fully saturated rings. The molecule has 1 aromatic rings. The molecule has 1 aromatic carbocycles. The zero-order chi connectivity index (χ0) is 17.5. The first kappa shape index (κ1) is 18.2. The Morgan fingerprint density at radius 3 is 2.48 bits per heavy atom. The molecule has 2 aliphatic rings. The monoisotopic (exact) mass is 336 g/mol. The van der Waals surface area contributed by atoms with E-state index in [2.05, 4.69) is 71.9 Å². The van der Waals surface area contributed by atoms with Gasteiger partial charge in [-0.2, -0.15) is 0 Å². The van der Waals surface area contributed by atoms with Crippen molar-refractivity contribution in [1.82, 2.24) is 9.80 Å². The first-order valence-corrected chi connectivity index (χ1v) is 9.70. The summed E-state index contributed by atoms with van der Waals surface area (Å²) < 4.78 is 0. The van der Waals surface area contributed by atoms with Gasteiger partial charge in [-0.25, -0.2) is 0 Å². The third kappa shape index (κ3) is 5.69. The topological polar surface area (TPSA) is 6.48 Å². The van der Waals surface area contributed by atoms with Crippen LogP contribution in [0.1, 0.15) is 31.7 Å². The van der Waals surface area contributed by atoms with Crippen LogP contribution in [-0.2, 0) is 0 Å². The van der Waals surface area contributed by atoms with Crippen LogP contribution in [0.3, 0.4) is 0 Å². The molecule has 0 bridgehead atoms. The van der Waals surface area contributed by atoms with Gasteiger partial charge >= 0.3 is 0 Å². The van der Waals surface area contributed by atoms with E-state index in [9.17, 15) is 0 Å². The second-order valence-electron chi connectivity index (χ2n) is 7.57. The third-order valence-corrected chi connectivity index (χ3v) is 5.57. The zero-order valence-corrected chi connectivity index (χ0v) is 15.7. The average Bonchev–Trinajstić information content (AvgIpc) is 2.64. The van der Waals surface area contributed by atoms with Crippen LogP contribution in [0.5, 0.6) is 0 Å². The van der Waals surface area contributed by atoms with Gasteiger partial charge in [-0.05, 0) is 37.7 Å². The molecule has 0 saturated carbocycles. The maximum absolute atomic E-state index is 4.12. The Labute approximate surface area is 153 Å². The molecule has 1 saturated heterocycles. The summed E-state index contributed by atoms with van der Waals surface area (Å²) in [5, 5.41) is 0. The lowest BCUT2D eigenvalue weighted by atomic mass is 9.85. The van der Waals surface area contributed by atoms with Crippen LogP contribution < -0.4 is 0 Å². The first-order chi connectivity index (χ1) is 12.2. The molecule has 0 N–H and O–H groups in total. The van der Waals surface area contributed by atoms with E-state index in [1.54, 1.807) is 5.57 Å². The van der Waals surface area contributed by atoms with Crippen molar-refractivity contribution in [2.75, 3.05) is 39.3 Å². The van der Waals surface area contributed by atoms with E-state index < -0.39 is 0 Å². The standard InChI is InChI=1S/C23H32N2/c1-20(2)23-12-10-22(11-13-23)19-25-17-15-24(16-18-25)14-6-9-21-7-4-3-5-8-21/h3-10,23H,1,11-19H2,2H3/b9-6+. The van der Waals surface area contributed by atoms with Crippen molar-refractivity contribution in [3.8, 4) is 0 Å². The normalized spacial score (nSPS) is 22.9. The molecule has 0 aromatic heterocycles. The van der Waals surface area contributed by atoms with E-state index in [-0.39, 0.29) is 0 Å². The van der Waals surface area contributed by atoms with Crippen LogP contribution in [0.4, 0.5) is 0 Å². The van der Waals surface area contributed by atoms with Gasteiger partial charge in [0.05, 0.1) is 0 Å². The maximum atomic E-state index is 4.12. The SMILES string of the molecule is C=C(C)C1CC=C(CN2CCN(C/C=C/c3ccccc3)CC2)CC1. The molecule has 1 heterocycles. The quantitative estimate of drug-likeness (QED) is 0.699. The van der Waals surface area contributed by atoms with Crippen LogP contribution in [0.25, 0.3) is 6.08 Å². The summed E-state index contributed by atoms with van der Waals surface area (Å²) in [6, 6.07) is 10.6. The molecule has 1 unspecified atom stereocenters. The minimum atomic E-state index is 0.719. The number of allylic oxidation sites excluding steroid dienone is 2. The lowest BCUT2D eigenvalue weighted by Gasteiger charge is -2.35. The van der Waals surface area contributed by atoms with Gasteiger partial charge < -0.3 is 0 Å². The fourth-order valence-corrected chi connectivity index (χ4v) is 3.80. The summed E-state index contributed by atoms with van der Waals surface area (Å²) in [7, 11) is 0. The molecule has 134 valence electrons. The molecule has 1 aliphatic heterocycles. The van der Waals surface area contributed by atoms with Crippen molar-refractivity contribution in [1.29, 1.82) is 0 Å². The number of nitrogens with zero attached hydrogens (tertiary/aromatic N) is 2. The number of hydrogen-bond donors (Lipinski definition) is 0. The summed E-state index contributed by atoms with van der Waals surface area (Å²) in [6.45, 7) is 13.3.